The summed E-state index contributed by atoms with van der Waals surface area (Å²) >= 11 is 0.155. The third kappa shape index (κ3) is 2.98. The molecule has 18 heavy (non-hydrogen) atoms. The summed E-state index contributed by atoms with van der Waals surface area (Å²) in [5.74, 6) is -0.127. The van der Waals surface area contributed by atoms with Gasteiger partial charge in [0, 0.05) is 0 Å². The van der Waals surface area contributed by atoms with Crippen LogP contribution in [-0.4, -0.2) is 21.7 Å². The van der Waals surface area contributed by atoms with Crippen LogP contribution in [0.1, 0.15) is 62.1 Å². The first-order chi connectivity index (χ1) is 8.61. The van der Waals surface area contributed by atoms with E-state index in [9.17, 15) is 4.79 Å². The third-order valence-corrected chi connectivity index (χ3v) is 5.37. The van der Waals surface area contributed by atoms with Gasteiger partial charge in [0.2, 0.25) is 0 Å². The van der Waals surface area contributed by atoms with E-state index in [1.54, 1.807) is 0 Å². The van der Waals surface area contributed by atoms with Crippen molar-refractivity contribution in [2.75, 3.05) is 0 Å². The van der Waals surface area contributed by atoms with Crippen LogP contribution in [0.4, 0.5) is 0 Å². The second kappa shape index (κ2) is 5.93. The van der Waals surface area contributed by atoms with Gasteiger partial charge in [-0.25, -0.2) is 0 Å². The van der Waals surface area contributed by atoms with Gasteiger partial charge in [-0.2, -0.15) is 0 Å². The Morgan fingerprint density at radius 2 is 2.17 bits per heavy atom. The number of rotatable bonds is 5. The number of cyclic esters (lactones) is 1. The molecule has 1 aliphatic rings. The predicted molar refractivity (Wildman–Crippen MR) is 74.6 cm³/mol. The molecule has 3 heteroatoms. The van der Waals surface area contributed by atoms with Crippen LogP contribution in [0, 0.1) is 0 Å². The summed E-state index contributed by atoms with van der Waals surface area (Å²) < 4.78 is 7.49. The number of hydrogen-bond donors (Lipinski definition) is 0. The Hall–Kier alpha value is -0.752. The van der Waals surface area contributed by atoms with E-state index in [0.29, 0.717) is 4.71 Å². The molecule has 0 fully saturated rings. The van der Waals surface area contributed by atoms with E-state index in [1.165, 1.54) is 4.35 Å². The SMILES string of the molecule is CCCCC1OC(=O)c2cc([As]C(C)C)ccc21. The summed E-state index contributed by atoms with van der Waals surface area (Å²) in [6.45, 7) is 6.62. The van der Waals surface area contributed by atoms with Crippen LogP contribution in [0.15, 0.2) is 18.2 Å². The molecular weight excluding hydrogens is 287 g/mol. The van der Waals surface area contributed by atoms with Gasteiger partial charge in [-0.3, -0.25) is 0 Å². The number of carbonyl (C=O) groups excluding carboxylic acids is 1. The first kappa shape index (κ1) is 13.7. The standard InChI is InChI=1S/C15H20AsO2/c1-4-5-6-14-12-8-7-11(16-10(2)3)9-13(12)15(17)18-14/h7-10,14H,4-6H2,1-3H3. The number of fused-ring (bicyclic) bond motifs is 1. The van der Waals surface area contributed by atoms with Crippen molar-refractivity contribution >= 4 is 26.1 Å². The van der Waals surface area contributed by atoms with Gasteiger partial charge in [-0.1, -0.05) is 0 Å². The molecule has 1 radical (unpaired) electrons. The summed E-state index contributed by atoms with van der Waals surface area (Å²) in [5.41, 5.74) is 1.91. The fourth-order valence-corrected chi connectivity index (χ4v) is 4.26. The molecule has 1 unspecified atom stereocenters. The zero-order chi connectivity index (χ0) is 13.1. The van der Waals surface area contributed by atoms with Crippen LogP contribution >= 0.6 is 0 Å². The van der Waals surface area contributed by atoms with E-state index in [0.717, 1.165) is 30.4 Å². The Balaban J connectivity index is 2.20. The minimum absolute atomic E-state index is 0.00296. The zero-order valence-electron chi connectivity index (χ0n) is 11.3. The van der Waals surface area contributed by atoms with Gasteiger partial charge in [-0.15, -0.1) is 0 Å². The minimum atomic E-state index is -0.127. The van der Waals surface area contributed by atoms with E-state index < -0.39 is 0 Å². The molecule has 0 saturated heterocycles. The quantitative estimate of drug-likeness (QED) is 0.616. The van der Waals surface area contributed by atoms with Crippen molar-refractivity contribution in [3.05, 3.63) is 29.3 Å². The van der Waals surface area contributed by atoms with Gasteiger partial charge in [0.1, 0.15) is 0 Å². The summed E-state index contributed by atoms with van der Waals surface area (Å²) in [4.78, 5) is 11.9. The van der Waals surface area contributed by atoms with Crippen molar-refractivity contribution in [3.63, 3.8) is 0 Å². The molecule has 0 aliphatic carbocycles. The first-order valence-corrected chi connectivity index (χ1v) is 8.69. The van der Waals surface area contributed by atoms with Crippen LogP contribution in [0.5, 0.6) is 0 Å². The summed E-state index contributed by atoms with van der Waals surface area (Å²) in [7, 11) is 0. The Morgan fingerprint density at radius 1 is 1.39 bits per heavy atom. The molecule has 0 bridgehead atoms. The Labute approximate surface area is 116 Å². The molecule has 2 nitrogen and oxygen atoms in total. The van der Waals surface area contributed by atoms with Gasteiger partial charge in [-0.05, 0) is 0 Å². The zero-order valence-corrected chi connectivity index (χ0v) is 13.1. The Morgan fingerprint density at radius 3 is 2.83 bits per heavy atom. The number of carbonyl (C=O) groups is 1. The van der Waals surface area contributed by atoms with E-state index in [-0.39, 0.29) is 27.8 Å². The van der Waals surface area contributed by atoms with E-state index in [2.05, 4.69) is 39.0 Å². The molecule has 0 spiro atoms. The van der Waals surface area contributed by atoms with Crippen LogP contribution in [0.2, 0.25) is 4.71 Å². The average molecular weight is 307 g/mol. The molecule has 1 aromatic carbocycles. The van der Waals surface area contributed by atoms with E-state index in [1.807, 2.05) is 0 Å². The van der Waals surface area contributed by atoms with Gasteiger partial charge in [0.05, 0.1) is 0 Å². The molecular formula is C15H20AsO2. The molecule has 1 heterocycles. The molecule has 1 aliphatic heterocycles. The monoisotopic (exact) mass is 307 g/mol. The number of hydrogen-bond acceptors (Lipinski definition) is 2. The molecule has 0 saturated carbocycles. The van der Waals surface area contributed by atoms with E-state index >= 15 is 0 Å². The van der Waals surface area contributed by atoms with Crippen LogP contribution in [0.25, 0.3) is 0 Å². The third-order valence-electron chi connectivity index (χ3n) is 3.08. The number of esters is 1. The normalized spacial score (nSPS) is 18.7. The van der Waals surface area contributed by atoms with Crippen LogP contribution in [0.3, 0.4) is 0 Å². The van der Waals surface area contributed by atoms with Crippen LogP contribution in [-0.2, 0) is 4.74 Å². The second-order valence-electron chi connectivity index (χ2n) is 5.03. The fraction of sp³-hybridized carbons (Fsp3) is 0.533. The van der Waals surface area contributed by atoms with Crippen molar-refractivity contribution in [1.82, 2.24) is 0 Å². The topological polar surface area (TPSA) is 26.3 Å². The molecule has 0 N–H and O–H groups in total. The van der Waals surface area contributed by atoms with Crippen molar-refractivity contribution in [2.45, 2.75) is 50.8 Å². The molecule has 0 aromatic heterocycles. The van der Waals surface area contributed by atoms with Crippen molar-refractivity contribution in [1.29, 1.82) is 0 Å². The fourth-order valence-electron chi connectivity index (χ4n) is 2.24. The van der Waals surface area contributed by atoms with Crippen molar-refractivity contribution in [3.8, 4) is 0 Å². The Kier molecular flexibility index (Phi) is 4.50. The molecule has 2 rings (SSSR count). The summed E-state index contributed by atoms with van der Waals surface area (Å²) in [6, 6.07) is 6.34. The summed E-state index contributed by atoms with van der Waals surface area (Å²) in [5, 5.41) is 0. The van der Waals surface area contributed by atoms with Gasteiger partial charge in [0.25, 0.3) is 0 Å². The number of benzene rings is 1. The van der Waals surface area contributed by atoms with Crippen LogP contribution < -0.4 is 4.35 Å². The molecule has 0 amide bonds. The maximum absolute atomic E-state index is 11.9. The molecule has 1 atom stereocenters. The van der Waals surface area contributed by atoms with Gasteiger partial charge in [0.15, 0.2) is 0 Å². The molecule has 1 aromatic rings. The first-order valence-electron chi connectivity index (χ1n) is 6.67. The van der Waals surface area contributed by atoms with Gasteiger partial charge >= 0.3 is 116 Å². The number of ether oxygens (including phenoxy) is 1. The summed E-state index contributed by atoms with van der Waals surface area (Å²) in [6.07, 6.45) is 3.19. The van der Waals surface area contributed by atoms with Crippen molar-refractivity contribution < 1.29 is 9.53 Å². The number of unbranched alkanes of at least 4 members (excludes halogenated alkanes) is 1. The molecule has 97 valence electrons. The Bertz CT molecular complexity index is 440. The average Bonchev–Trinajstić information content (AvgIpc) is 2.63. The predicted octanol–water partition coefficient (Wildman–Crippen LogP) is 3.25. The maximum atomic E-state index is 11.9. The second-order valence-corrected chi connectivity index (χ2v) is 8.82. The van der Waals surface area contributed by atoms with Crippen molar-refractivity contribution in [2.24, 2.45) is 0 Å². The van der Waals surface area contributed by atoms with Gasteiger partial charge < -0.3 is 0 Å². The van der Waals surface area contributed by atoms with E-state index in [4.69, 9.17) is 4.74 Å².